The third-order valence-corrected chi connectivity index (χ3v) is 8.64. The first kappa shape index (κ1) is 22.4. The molecule has 4 aromatic rings. The van der Waals surface area contributed by atoms with Gasteiger partial charge in [-0.3, -0.25) is 0 Å². The summed E-state index contributed by atoms with van der Waals surface area (Å²) in [5.41, 5.74) is 11.4. The van der Waals surface area contributed by atoms with E-state index in [0.717, 1.165) is 34.8 Å². The van der Waals surface area contributed by atoms with Gasteiger partial charge in [0.1, 0.15) is 0 Å². The SMILES string of the molecule is CC1C=CC(c2nc(-c3ccccc3)cc(-c3ccc4c(c3)C3(CCCCC3)c3ccccc3-4)n2)=CC1. The Labute approximate surface area is 219 Å². The summed E-state index contributed by atoms with van der Waals surface area (Å²) in [5, 5.41) is 0. The lowest BCUT2D eigenvalue weighted by Gasteiger charge is -2.36. The average molecular weight is 481 g/mol. The van der Waals surface area contributed by atoms with Crippen LogP contribution >= 0.6 is 0 Å². The van der Waals surface area contributed by atoms with Crippen molar-refractivity contribution < 1.29 is 0 Å². The van der Waals surface area contributed by atoms with Gasteiger partial charge in [0.15, 0.2) is 5.82 Å². The zero-order valence-electron chi connectivity index (χ0n) is 21.5. The molecule has 3 aliphatic carbocycles. The first-order valence-electron chi connectivity index (χ1n) is 13.8. The molecule has 1 fully saturated rings. The maximum atomic E-state index is 5.16. The number of nitrogens with zero attached hydrogens (tertiary/aromatic N) is 2. The van der Waals surface area contributed by atoms with Crippen molar-refractivity contribution in [3.05, 3.63) is 114 Å². The van der Waals surface area contributed by atoms with Crippen LogP contribution in [0.5, 0.6) is 0 Å². The fourth-order valence-corrected chi connectivity index (χ4v) is 6.68. The van der Waals surface area contributed by atoms with Crippen LogP contribution in [0.2, 0.25) is 0 Å². The first-order chi connectivity index (χ1) is 18.2. The summed E-state index contributed by atoms with van der Waals surface area (Å²) < 4.78 is 0. The van der Waals surface area contributed by atoms with Crippen LogP contribution in [-0.4, -0.2) is 9.97 Å². The summed E-state index contributed by atoms with van der Waals surface area (Å²) in [5.74, 6) is 1.38. The molecule has 1 aromatic heterocycles. The summed E-state index contributed by atoms with van der Waals surface area (Å²) in [7, 11) is 0. The van der Waals surface area contributed by atoms with Crippen molar-refractivity contribution in [1.82, 2.24) is 9.97 Å². The Bertz CT molecular complexity index is 1540. The van der Waals surface area contributed by atoms with Gasteiger partial charge < -0.3 is 0 Å². The normalized spacial score (nSPS) is 19.4. The van der Waals surface area contributed by atoms with Gasteiger partial charge in [0, 0.05) is 22.1 Å². The van der Waals surface area contributed by atoms with Gasteiger partial charge in [0.2, 0.25) is 0 Å². The van der Waals surface area contributed by atoms with E-state index >= 15 is 0 Å². The van der Waals surface area contributed by atoms with Crippen molar-refractivity contribution in [3.63, 3.8) is 0 Å². The third-order valence-electron chi connectivity index (χ3n) is 8.64. The Morgan fingerprint density at radius 3 is 2.22 bits per heavy atom. The van der Waals surface area contributed by atoms with Gasteiger partial charge >= 0.3 is 0 Å². The Kier molecular flexibility index (Phi) is 5.43. The molecule has 1 unspecified atom stereocenters. The molecular weight excluding hydrogens is 448 g/mol. The van der Waals surface area contributed by atoms with Crippen molar-refractivity contribution in [2.24, 2.45) is 5.92 Å². The fraction of sp³-hybridized carbons (Fsp3) is 0.257. The summed E-state index contributed by atoms with van der Waals surface area (Å²) in [4.78, 5) is 10.2. The molecule has 0 N–H and O–H groups in total. The van der Waals surface area contributed by atoms with Gasteiger partial charge in [0.05, 0.1) is 11.4 Å². The zero-order valence-corrected chi connectivity index (χ0v) is 21.5. The van der Waals surface area contributed by atoms with Crippen LogP contribution in [0.15, 0.2) is 97.1 Å². The second-order valence-electron chi connectivity index (χ2n) is 11.0. The van der Waals surface area contributed by atoms with Gasteiger partial charge in [-0.25, -0.2) is 9.97 Å². The Hall–Kier alpha value is -3.78. The molecular formula is C35H32N2. The minimum atomic E-state index is 0.142. The number of aromatic nitrogens is 2. The van der Waals surface area contributed by atoms with Crippen molar-refractivity contribution in [2.45, 2.75) is 50.9 Å². The van der Waals surface area contributed by atoms with Crippen LogP contribution in [0.1, 0.15) is 62.4 Å². The van der Waals surface area contributed by atoms with Crippen LogP contribution < -0.4 is 0 Å². The molecule has 2 heteroatoms. The first-order valence-corrected chi connectivity index (χ1v) is 13.8. The Balaban J connectivity index is 1.39. The molecule has 1 spiro atoms. The highest BCUT2D eigenvalue weighted by Gasteiger charge is 2.43. The number of benzene rings is 3. The van der Waals surface area contributed by atoms with Crippen LogP contribution in [0.3, 0.4) is 0 Å². The fourth-order valence-electron chi connectivity index (χ4n) is 6.68. The highest BCUT2D eigenvalue weighted by molar-refractivity contribution is 5.84. The molecule has 0 aliphatic heterocycles. The second kappa shape index (κ2) is 8.95. The quantitative estimate of drug-likeness (QED) is 0.292. The molecule has 3 aromatic carbocycles. The molecule has 1 heterocycles. The number of fused-ring (bicyclic) bond motifs is 5. The van der Waals surface area contributed by atoms with E-state index in [4.69, 9.17) is 9.97 Å². The molecule has 182 valence electrons. The molecule has 0 amide bonds. The summed E-state index contributed by atoms with van der Waals surface area (Å²) in [6.45, 7) is 2.25. The van der Waals surface area contributed by atoms with Gasteiger partial charge in [-0.15, -0.1) is 0 Å². The van der Waals surface area contributed by atoms with Crippen molar-refractivity contribution in [2.75, 3.05) is 0 Å². The topological polar surface area (TPSA) is 25.8 Å². The second-order valence-corrected chi connectivity index (χ2v) is 11.0. The van der Waals surface area contributed by atoms with E-state index in [-0.39, 0.29) is 5.41 Å². The maximum Gasteiger partial charge on any atom is 0.160 e. The van der Waals surface area contributed by atoms with E-state index in [1.807, 2.05) is 0 Å². The lowest BCUT2D eigenvalue weighted by Crippen LogP contribution is -2.28. The van der Waals surface area contributed by atoms with Gasteiger partial charge in [-0.2, -0.15) is 0 Å². The van der Waals surface area contributed by atoms with E-state index in [1.54, 1.807) is 0 Å². The molecule has 7 rings (SSSR count). The molecule has 0 saturated heterocycles. The summed E-state index contributed by atoms with van der Waals surface area (Å²) in [6, 6.07) is 28.8. The van der Waals surface area contributed by atoms with Crippen molar-refractivity contribution in [1.29, 1.82) is 0 Å². The van der Waals surface area contributed by atoms with E-state index < -0.39 is 0 Å². The summed E-state index contributed by atoms with van der Waals surface area (Å²) in [6.07, 6.45) is 14.2. The van der Waals surface area contributed by atoms with Gasteiger partial charge in [-0.05, 0) is 59.6 Å². The monoisotopic (exact) mass is 480 g/mol. The molecule has 1 atom stereocenters. The highest BCUT2D eigenvalue weighted by Crippen LogP contribution is 2.56. The number of allylic oxidation sites excluding steroid dienone is 4. The van der Waals surface area contributed by atoms with Crippen molar-refractivity contribution in [3.8, 4) is 33.6 Å². The number of hydrogen-bond acceptors (Lipinski definition) is 2. The maximum absolute atomic E-state index is 5.16. The minimum Gasteiger partial charge on any atom is -0.228 e. The molecule has 3 aliphatic rings. The standard InChI is InChI=1S/C35H32N2/c1-24-14-16-26(17-15-24)34-36-32(25-10-4-2-5-11-25)23-33(37-34)27-18-19-29-28-12-6-7-13-30(28)35(31(29)22-27)20-8-3-9-21-35/h2,4-7,10-14,16-19,22-24H,3,8-9,15,20-21H2,1H3. The van der Waals surface area contributed by atoms with Crippen LogP contribution in [-0.2, 0) is 5.41 Å². The Morgan fingerprint density at radius 1 is 0.703 bits per heavy atom. The van der Waals surface area contributed by atoms with E-state index in [1.165, 1.54) is 59.9 Å². The predicted molar refractivity (Wildman–Crippen MR) is 153 cm³/mol. The van der Waals surface area contributed by atoms with Crippen LogP contribution in [0.25, 0.3) is 39.2 Å². The number of rotatable bonds is 3. The highest BCUT2D eigenvalue weighted by atomic mass is 14.9. The Morgan fingerprint density at radius 2 is 1.43 bits per heavy atom. The number of hydrogen-bond donors (Lipinski definition) is 0. The van der Waals surface area contributed by atoms with E-state index in [2.05, 4.69) is 104 Å². The van der Waals surface area contributed by atoms with E-state index in [9.17, 15) is 0 Å². The molecule has 2 nitrogen and oxygen atoms in total. The smallest absolute Gasteiger partial charge is 0.160 e. The van der Waals surface area contributed by atoms with Gasteiger partial charge in [0.25, 0.3) is 0 Å². The minimum absolute atomic E-state index is 0.142. The lowest BCUT2D eigenvalue weighted by molar-refractivity contribution is 0.353. The molecule has 0 bridgehead atoms. The average Bonchev–Trinajstić information content (AvgIpc) is 3.23. The van der Waals surface area contributed by atoms with Crippen LogP contribution in [0.4, 0.5) is 0 Å². The van der Waals surface area contributed by atoms with Gasteiger partial charge in [-0.1, -0.05) is 111 Å². The third kappa shape index (κ3) is 3.78. The molecule has 1 saturated carbocycles. The lowest BCUT2D eigenvalue weighted by atomic mass is 9.67. The molecule has 0 radical (unpaired) electrons. The summed E-state index contributed by atoms with van der Waals surface area (Å²) >= 11 is 0. The van der Waals surface area contributed by atoms with Crippen molar-refractivity contribution >= 4 is 5.57 Å². The van der Waals surface area contributed by atoms with E-state index in [0.29, 0.717) is 5.92 Å². The largest absolute Gasteiger partial charge is 0.228 e. The zero-order chi connectivity index (χ0) is 24.8. The van der Waals surface area contributed by atoms with Crippen LogP contribution in [0, 0.1) is 5.92 Å². The predicted octanol–water partition coefficient (Wildman–Crippen LogP) is 9.02. The molecule has 37 heavy (non-hydrogen) atoms.